The van der Waals surface area contributed by atoms with Gasteiger partial charge in [-0.3, -0.25) is 14.4 Å². The molecule has 0 N–H and O–H groups in total. The first-order valence-electron chi connectivity index (χ1n) is 6.54. The Labute approximate surface area is 117 Å². The van der Waals surface area contributed by atoms with Crippen LogP contribution in [-0.2, 0) is 23.9 Å². The summed E-state index contributed by atoms with van der Waals surface area (Å²) >= 11 is 0. The van der Waals surface area contributed by atoms with Gasteiger partial charge in [-0.05, 0) is 20.8 Å². The molecule has 3 fully saturated rings. The predicted molar refractivity (Wildman–Crippen MR) is 66.1 cm³/mol. The number of rotatable bonds is 2. The van der Waals surface area contributed by atoms with Gasteiger partial charge in [0.25, 0.3) is 0 Å². The Bertz CT molecular complexity index is 513. The second-order valence-electron chi connectivity index (χ2n) is 6.35. The molecular weight excluding hydrogens is 262 g/mol. The number of fused-ring (bicyclic) bond motifs is 3. The van der Waals surface area contributed by atoms with Crippen LogP contribution in [0.2, 0.25) is 0 Å². The lowest BCUT2D eigenvalue weighted by Gasteiger charge is -2.45. The third-order valence-electron chi connectivity index (χ3n) is 3.56. The van der Waals surface area contributed by atoms with E-state index < -0.39 is 35.0 Å². The summed E-state index contributed by atoms with van der Waals surface area (Å²) in [6.07, 6.45) is -0.266. The maximum Gasteiger partial charge on any atom is 0.311 e. The molecule has 6 heteroatoms. The van der Waals surface area contributed by atoms with Gasteiger partial charge in [0.05, 0.1) is 24.3 Å². The molecule has 0 radical (unpaired) electrons. The van der Waals surface area contributed by atoms with E-state index in [2.05, 4.69) is 0 Å². The van der Waals surface area contributed by atoms with Crippen molar-refractivity contribution in [2.75, 3.05) is 0 Å². The summed E-state index contributed by atoms with van der Waals surface area (Å²) in [7, 11) is 0. The zero-order valence-corrected chi connectivity index (χ0v) is 11.8. The summed E-state index contributed by atoms with van der Waals surface area (Å²) in [4.78, 5) is 35.8. The van der Waals surface area contributed by atoms with Gasteiger partial charge in [0, 0.05) is 12.8 Å². The molecule has 2 saturated heterocycles. The van der Waals surface area contributed by atoms with Gasteiger partial charge in [0.2, 0.25) is 0 Å². The topological polar surface area (TPSA) is 93.5 Å². The summed E-state index contributed by atoms with van der Waals surface area (Å²) < 4.78 is 10.3. The molecule has 2 aliphatic heterocycles. The minimum absolute atomic E-state index is 0.0279. The number of carbonyl (C=O) groups is 3. The molecule has 20 heavy (non-hydrogen) atoms. The SMILES string of the molecule is CC(C)(C)OC(=O)C[C@]12C[C@@H](C#N)[C@H](CC1=O)C(=O)O2. The number of ketones is 1. The summed E-state index contributed by atoms with van der Waals surface area (Å²) in [6, 6.07) is 2.03. The number of nitrogens with zero attached hydrogens (tertiary/aromatic N) is 1. The standard InChI is InChI=1S/C14H17NO5/c1-13(2,3)19-11(17)6-14-5-8(7-15)9(4-10(14)16)12(18)20-14/h8-9H,4-6H2,1-3H3/t8-,9-,14+/m0/s1. The first-order chi connectivity index (χ1) is 9.17. The molecule has 1 aliphatic carbocycles. The molecule has 0 aromatic rings. The quantitative estimate of drug-likeness (QED) is 0.703. The molecule has 0 aromatic heterocycles. The minimum atomic E-state index is -1.51. The van der Waals surface area contributed by atoms with Crippen LogP contribution in [0.5, 0.6) is 0 Å². The van der Waals surface area contributed by atoms with Crippen molar-refractivity contribution in [2.24, 2.45) is 11.8 Å². The van der Waals surface area contributed by atoms with E-state index in [1.165, 1.54) is 0 Å². The normalized spacial score (nSPS) is 32.5. The van der Waals surface area contributed by atoms with E-state index in [1.807, 2.05) is 6.07 Å². The largest absolute Gasteiger partial charge is 0.460 e. The van der Waals surface area contributed by atoms with Crippen molar-refractivity contribution in [1.82, 2.24) is 0 Å². The van der Waals surface area contributed by atoms with Crippen molar-refractivity contribution < 1.29 is 23.9 Å². The second kappa shape index (κ2) is 4.58. The molecule has 3 rings (SSSR count). The van der Waals surface area contributed by atoms with Crippen molar-refractivity contribution in [3.63, 3.8) is 0 Å². The lowest BCUT2D eigenvalue weighted by molar-refractivity contribution is -0.200. The highest BCUT2D eigenvalue weighted by molar-refractivity contribution is 6.00. The Morgan fingerprint density at radius 3 is 2.70 bits per heavy atom. The number of nitriles is 1. The van der Waals surface area contributed by atoms with Crippen molar-refractivity contribution in [1.29, 1.82) is 5.26 Å². The average Bonchev–Trinajstić information content (AvgIpc) is 2.28. The predicted octanol–water partition coefficient (Wildman–Crippen LogP) is 1.13. The van der Waals surface area contributed by atoms with Crippen LogP contribution in [0, 0.1) is 23.2 Å². The van der Waals surface area contributed by atoms with Crippen molar-refractivity contribution in [3.8, 4) is 6.07 Å². The fourth-order valence-corrected chi connectivity index (χ4v) is 2.71. The van der Waals surface area contributed by atoms with Crippen LogP contribution < -0.4 is 0 Å². The highest BCUT2D eigenvalue weighted by atomic mass is 16.6. The van der Waals surface area contributed by atoms with E-state index in [9.17, 15) is 14.4 Å². The second-order valence-corrected chi connectivity index (χ2v) is 6.35. The van der Waals surface area contributed by atoms with Gasteiger partial charge in [-0.1, -0.05) is 0 Å². The summed E-state index contributed by atoms with van der Waals surface area (Å²) in [5.41, 5.74) is -2.18. The Balaban J connectivity index is 2.19. The lowest BCUT2D eigenvalue weighted by atomic mass is 9.67. The molecule has 0 unspecified atom stereocenters. The molecule has 1 saturated carbocycles. The van der Waals surface area contributed by atoms with Gasteiger partial charge in [-0.2, -0.15) is 5.26 Å². The molecule has 0 aromatic carbocycles. The van der Waals surface area contributed by atoms with Crippen LogP contribution in [0.15, 0.2) is 0 Å². The van der Waals surface area contributed by atoms with Crippen molar-refractivity contribution in [2.45, 2.75) is 51.2 Å². The fourth-order valence-electron chi connectivity index (χ4n) is 2.71. The Hall–Kier alpha value is -1.90. The number of hydrogen-bond acceptors (Lipinski definition) is 6. The van der Waals surface area contributed by atoms with Gasteiger partial charge in [0.15, 0.2) is 11.4 Å². The van der Waals surface area contributed by atoms with Gasteiger partial charge in [-0.25, -0.2) is 0 Å². The van der Waals surface area contributed by atoms with Crippen LogP contribution in [-0.4, -0.2) is 28.9 Å². The number of esters is 2. The van der Waals surface area contributed by atoms with E-state index in [4.69, 9.17) is 14.7 Å². The maximum atomic E-state index is 12.1. The van der Waals surface area contributed by atoms with Crippen LogP contribution in [0.4, 0.5) is 0 Å². The first kappa shape index (κ1) is 14.5. The number of hydrogen-bond donors (Lipinski definition) is 0. The number of carbonyl (C=O) groups excluding carboxylic acids is 3. The Morgan fingerprint density at radius 1 is 1.50 bits per heavy atom. The average molecular weight is 279 g/mol. The molecule has 0 amide bonds. The van der Waals surface area contributed by atoms with Crippen LogP contribution in [0.3, 0.4) is 0 Å². The first-order valence-corrected chi connectivity index (χ1v) is 6.54. The van der Waals surface area contributed by atoms with Gasteiger partial charge >= 0.3 is 11.9 Å². The Morgan fingerprint density at radius 2 is 2.15 bits per heavy atom. The van der Waals surface area contributed by atoms with Crippen LogP contribution >= 0.6 is 0 Å². The Kier molecular flexibility index (Phi) is 3.32. The lowest BCUT2D eigenvalue weighted by Crippen LogP contribution is -2.59. The zero-order valence-electron chi connectivity index (χ0n) is 11.8. The third-order valence-corrected chi connectivity index (χ3v) is 3.56. The van der Waals surface area contributed by atoms with Crippen molar-refractivity contribution in [3.05, 3.63) is 0 Å². The van der Waals surface area contributed by atoms with Gasteiger partial charge in [-0.15, -0.1) is 0 Å². The smallest absolute Gasteiger partial charge is 0.311 e. The van der Waals surface area contributed by atoms with Crippen molar-refractivity contribution >= 4 is 17.7 Å². The fraction of sp³-hybridized carbons (Fsp3) is 0.714. The van der Waals surface area contributed by atoms with E-state index in [0.29, 0.717) is 0 Å². The molecule has 3 aliphatic rings. The highest BCUT2D eigenvalue weighted by Crippen LogP contribution is 2.45. The molecule has 0 spiro atoms. The van der Waals surface area contributed by atoms with E-state index in [0.717, 1.165) is 0 Å². The minimum Gasteiger partial charge on any atom is -0.460 e. The third kappa shape index (κ3) is 2.53. The molecule has 2 heterocycles. The zero-order chi connectivity index (χ0) is 15.1. The van der Waals surface area contributed by atoms with E-state index in [1.54, 1.807) is 20.8 Å². The summed E-state index contributed by atoms with van der Waals surface area (Å²) in [6.45, 7) is 5.14. The molecule has 6 nitrogen and oxygen atoms in total. The summed E-state index contributed by atoms with van der Waals surface area (Å²) in [5.74, 6) is -2.72. The maximum absolute atomic E-state index is 12.1. The number of ether oxygens (including phenoxy) is 2. The van der Waals surface area contributed by atoms with Crippen LogP contribution in [0.25, 0.3) is 0 Å². The molecular formula is C14H17NO5. The summed E-state index contributed by atoms with van der Waals surface area (Å²) in [5, 5.41) is 9.07. The highest BCUT2D eigenvalue weighted by Gasteiger charge is 2.59. The molecule has 108 valence electrons. The molecule has 2 bridgehead atoms. The van der Waals surface area contributed by atoms with Gasteiger partial charge in [0.1, 0.15) is 5.60 Å². The molecule has 3 atom stereocenters. The van der Waals surface area contributed by atoms with Crippen LogP contribution in [0.1, 0.15) is 40.0 Å². The monoisotopic (exact) mass is 279 g/mol. The number of Topliss-reactive ketones (excluding diaryl/α,β-unsaturated/α-hetero) is 1. The van der Waals surface area contributed by atoms with Gasteiger partial charge < -0.3 is 9.47 Å². The van der Waals surface area contributed by atoms with E-state index in [-0.39, 0.29) is 25.0 Å². The van der Waals surface area contributed by atoms with E-state index >= 15 is 0 Å².